The minimum Gasteiger partial charge on any atom is -0.459 e. The molecule has 0 bridgehead atoms. The van der Waals surface area contributed by atoms with Crippen molar-refractivity contribution in [2.24, 2.45) is 7.05 Å². The fraction of sp³-hybridized carbons (Fsp3) is 0.308. The van der Waals surface area contributed by atoms with Crippen LogP contribution < -0.4 is 10.9 Å². The van der Waals surface area contributed by atoms with Gasteiger partial charge in [-0.3, -0.25) is 14.3 Å². The van der Waals surface area contributed by atoms with Crippen LogP contribution in [0.25, 0.3) is 5.69 Å². The molecule has 8 heteroatoms. The molecule has 2 aromatic carbocycles. The number of likely N-dealkylation sites (N-methyl/N-ethyl adjacent to an activating group) is 1. The van der Waals surface area contributed by atoms with Crippen molar-refractivity contribution in [2.75, 3.05) is 7.05 Å². The molecule has 0 radical (unpaired) electrons. The second kappa shape index (κ2) is 10.1. The summed E-state index contributed by atoms with van der Waals surface area (Å²) in [6.07, 6.45) is 1.39. The Morgan fingerprint density at radius 3 is 2.47 bits per heavy atom. The molecule has 34 heavy (non-hydrogen) atoms. The second-order valence-corrected chi connectivity index (χ2v) is 8.26. The summed E-state index contributed by atoms with van der Waals surface area (Å²) in [6, 6.07) is 16.9. The van der Waals surface area contributed by atoms with Gasteiger partial charge in [0.05, 0.1) is 18.9 Å². The van der Waals surface area contributed by atoms with Crippen molar-refractivity contribution < 1.29 is 19.4 Å². The molecule has 1 aromatic heterocycles. The standard InChI is InChI=1S/C26H29N3O5/c1-17-24(26(32)29(28(17)3)21-7-5-4-6-8-21)20-13-22(25(31)27-2)34-23(14-20)33-16-19-11-9-18(15-30)10-12-19/h4-13,20,23,30H,14-16H2,1-3H3,(H,27,31)/t20-,23+/m1/s1. The highest BCUT2D eigenvalue weighted by atomic mass is 16.7. The monoisotopic (exact) mass is 463 g/mol. The molecule has 0 fully saturated rings. The number of aromatic nitrogens is 2. The van der Waals surface area contributed by atoms with Gasteiger partial charge in [-0.1, -0.05) is 42.5 Å². The Morgan fingerprint density at radius 1 is 1.15 bits per heavy atom. The van der Waals surface area contributed by atoms with Gasteiger partial charge in [0, 0.05) is 37.7 Å². The molecule has 0 unspecified atom stereocenters. The van der Waals surface area contributed by atoms with Crippen molar-refractivity contribution in [1.82, 2.24) is 14.7 Å². The lowest BCUT2D eigenvalue weighted by Gasteiger charge is -2.28. The topological polar surface area (TPSA) is 94.7 Å². The summed E-state index contributed by atoms with van der Waals surface area (Å²) in [5.41, 5.74) is 3.78. The van der Waals surface area contributed by atoms with Gasteiger partial charge in [-0.15, -0.1) is 0 Å². The van der Waals surface area contributed by atoms with Crippen LogP contribution in [0.2, 0.25) is 0 Å². The molecular weight excluding hydrogens is 434 g/mol. The number of rotatable bonds is 7. The Kier molecular flexibility index (Phi) is 7.00. The molecule has 4 rings (SSSR count). The van der Waals surface area contributed by atoms with Crippen LogP contribution in [-0.2, 0) is 34.5 Å². The number of benzene rings is 2. The molecule has 178 valence electrons. The van der Waals surface area contributed by atoms with Crippen LogP contribution >= 0.6 is 0 Å². The number of amides is 1. The van der Waals surface area contributed by atoms with E-state index in [2.05, 4.69) is 5.32 Å². The van der Waals surface area contributed by atoms with Gasteiger partial charge in [0.25, 0.3) is 11.5 Å². The van der Waals surface area contributed by atoms with Crippen LogP contribution in [0.3, 0.4) is 0 Å². The fourth-order valence-corrected chi connectivity index (χ4v) is 4.19. The quantitative estimate of drug-likeness (QED) is 0.562. The van der Waals surface area contributed by atoms with E-state index in [9.17, 15) is 14.7 Å². The number of carbonyl (C=O) groups is 1. The van der Waals surface area contributed by atoms with Gasteiger partial charge in [-0.25, -0.2) is 4.68 Å². The van der Waals surface area contributed by atoms with Gasteiger partial charge >= 0.3 is 0 Å². The molecule has 1 aliphatic rings. The number of aliphatic hydroxyl groups excluding tert-OH is 1. The highest BCUT2D eigenvalue weighted by molar-refractivity contribution is 5.91. The summed E-state index contributed by atoms with van der Waals surface area (Å²) in [7, 11) is 3.38. The first kappa shape index (κ1) is 23.5. The maximum atomic E-state index is 13.5. The van der Waals surface area contributed by atoms with E-state index in [1.165, 1.54) is 7.05 Å². The predicted molar refractivity (Wildman–Crippen MR) is 127 cm³/mol. The largest absolute Gasteiger partial charge is 0.459 e. The van der Waals surface area contributed by atoms with Crippen LogP contribution in [0, 0.1) is 6.92 Å². The van der Waals surface area contributed by atoms with E-state index in [-0.39, 0.29) is 36.4 Å². The average Bonchev–Trinajstić information content (AvgIpc) is 3.10. The third-order valence-electron chi connectivity index (χ3n) is 6.12. The summed E-state index contributed by atoms with van der Waals surface area (Å²) < 4.78 is 15.3. The number of carbonyl (C=O) groups excluding carboxylic acids is 1. The number of hydrogen-bond acceptors (Lipinski definition) is 5. The van der Waals surface area contributed by atoms with Crippen LogP contribution in [0.15, 0.2) is 71.2 Å². The van der Waals surface area contributed by atoms with Crippen molar-refractivity contribution in [2.45, 2.75) is 38.8 Å². The Labute approximate surface area is 198 Å². The van der Waals surface area contributed by atoms with Crippen LogP contribution in [0.4, 0.5) is 0 Å². The summed E-state index contributed by atoms with van der Waals surface area (Å²) >= 11 is 0. The van der Waals surface area contributed by atoms with Gasteiger partial charge in [-0.05, 0) is 36.3 Å². The highest BCUT2D eigenvalue weighted by Crippen LogP contribution is 2.32. The van der Waals surface area contributed by atoms with E-state index < -0.39 is 6.29 Å². The van der Waals surface area contributed by atoms with E-state index in [0.29, 0.717) is 12.0 Å². The minimum atomic E-state index is -0.705. The third kappa shape index (κ3) is 4.69. The Balaban J connectivity index is 1.64. The van der Waals surface area contributed by atoms with E-state index in [0.717, 1.165) is 22.5 Å². The van der Waals surface area contributed by atoms with Gasteiger partial charge in [0.1, 0.15) is 0 Å². The number of aliphatic hydroxyl groups is 1. The summed E-state index contributed by atoms with van der Waals surface area (Å²) in [4.78, 5) is 25.9. The first-order chi connectivity index (χ1) is 16.4. The van der Waals surface area contributed by atoms with Gasteiger partial charge in [0.2, 0.25) is 6.29 Å². The SMILES string of the molecule is CNC(=O)C1=C[C@@H](c2c(C)n(C)n(-c3ccccc3)c2=O)C[C@@H](OCc2ccc(CO)cc2)O1. The number of nitrogens with zero attached hydrogens (tertiary/aromatic N) is 2. The first-order valence-corrected chi connectivity index (χ1v) is 11.2. The van der Waals surface area contributed by atoms with Crippen LogP contribution in [0.1, 0.15) is 34.7 Å². The smallest absolute Gasteiger partial charge is 0.285 e. The number of hydrogen-bond donors (Lipinski definition) is 2. The van der Waals surface area contributed by atoms with Crippen molar-refractivity contribution in [3.8, 4) is 5.69 Å². The molecule has 8 nitrogen and oxygen atoms in total. The van der Waals surface area contributed by atoms with E-state index >= 15 is 0 Å². The average molecular weight is 464 g/mol. The predicted octanol–water partition coefficient (Wildman–Crippen LogP) is 2.65. The highest BCUT2D eigenvalue weighted by Gasteiger charge is 2.32. The summed E-state index contributed by atoms with van der Waals surface area (Å²) in [6.45, 7) is 2.15. The molecule has 2 heterocycles. The first-order valence-electron chi connectivity index (χ1n) is 11.2. The molecule has 0 spiro atoms. The van der Waals surface area contributed by atoms with Crippen LogP contribution in [-0.4, -0.2) is 33.7 Å². The van der Waals surface area contributed by atoms with Gasteiger partial charge in [-0.2, -0.15) is 0 Å². The summed E-state index contributed by atoms with van der Waals surface area (Å²) in [5, 5.41) is 11.8. The summed E-state index contributed by atoms with van der Waals surface area (Å²) in [5.74, 6) is -0.595. The van der Waals surface area contributed by atoms with Crippen molar-refractivity contribution >= 4 is 5.91 Å². The lowest BCUT2D eigenvalue weighted by atomic mass is 9.93. The number of para-hydroxylation sites is 1. The maximum Gasteiger partial charge on any atom is 0.285 e. The fourth-order valence-electron chi connectivity index (χ4n) is 4.19. The molecule has 0 saturated carbocycles. The zero-order valence-electron chi connectivity index (χ0n) is 19.5. The van der Waals surface area contributed by atoms with Gasteiger partial charge in [0.15, 0.2) is 5.76 Å². The zero-order valence-corrected chi connectivity index (χ0v) is 19.5. The lowest BCUT2D eigenvalue weighted by Crippen LogP contribution is -2.32. The number of allylic oxidation sites excluding steroid dienone is 1. The van der Waals surface area contributed by atoms with E-state index in [1.54, 1.807) is 10.8 Å². The van der Waals surface area contributed by atoms with Crippen molar-refractivity contribution in [1.29, 1.82) is 0 Å². The van der Waals surface area contributed by atoms with E-state index in [1.807, 2.05) is 73.3 Å². The normalized spacial score (nSPS) is 17.7. The molecule has 3 aromatic rings. The number of nitrogens with one attached hydrogen (secondary N) is 1. The molecule has 2 atom stereocenters. The molecule has 0 aliphatic carbocycles. The minimum absolute atomic E-state index is 0.0220. The molecule has 2 N–H and O–H groups in total. The molecule has 1 amide bonds. The second-order valence-electron chi connectivity index (χ2n) is 8.26. The maximum absolute atomic E-state index is 13.5. The lowest BCUT2D eigenvalue weighted by molar-refractivity contribution is -0.150. The zero-order chi connectivity index (χ0) is 24.2. The van der Waals surface area contributed by atoms with Crippen LogP contribution in [0.5, 0.6) is 0 Å². The van der Waals surface area contributed by atoms with E-state index in [4.69, 9.17) is 9.47 Å². The Morgan fingerprint density at radius 2 is 1.82 bits per heavy atom. The van der Waals surface area contributed by atoms with Crippen molar-refractivity contribution in [3.63, 3.8) is 0 Å². The van der Waals surface area contributed by atoms with Gasteiger partial charge < -0.3 is 19.9 Å². The third-order valence-corrected chi connectivity index (χ3v) is 6.12. The molecule has 0 saturated heterocycles. The molecule has 1 aliphatic heterocycles. The van der Waals surface area contributed by atoms with Crippen molar-refractivity contribution in [3.05, 3.63) is 99.2 Å². The Bertz CT molecular complexity index is 1240. The molecular formula is C26H29N3O5. The number of ether oxygens (including phenoxy) is 2. The Hall–Kier alpha value is -3.62.